The Morgan fingerprint density at radius 3 is 2.74 bits per heavy atom. The van der Waals surface area contributed by atoms with Crippen molar-refractivity contribution in [2.24, 2.45) is 0 Å². The molecular weight excluding hydrogens is 236 g/mol. The van der Waals surface area contributed by atoms with Crippen LogP contribution in [0.15, 0.2) is 12.5 Å². The number of piperidine rings is 1. The number of nitrogens with zero attached hydrogens (tertiary/aromatic N) is 3. The summed E-state index contributed by atoms with van der Waals surface area (Å²) in [5.41, 5.74) is 1.36. The van der Waals surface area contributed by atoms with E-state index < -0.39 is 0 Å². The maximum absolute atomic E-state index is 4.30. The van der Waals surface area contributed by atoms with Gasteiger partial charge in [0.1, 0.15) is 0 Å². The second-order valence-electron chi connectivity index (χ2n) is 6.02. The Bertz CT molecular complexity index is 389. The van der Waals surface area contributed by atoms with Gasteiger partial charge in [-0.05, 0) is 51.7 Å². The van der Waals surface area contributed by atoms with Crippen LogP contribution in [0.25, 0.3) is 0 Å². The van der Waals surface area contributed by atoms with Crippen molar-refractivity contribution in [2.75, 3.05) is 19.6 Å². The molecule has 19 heavy (non-hydrogen) atoms. The van der Waals surface area contributed by atoms with Crippen LogP contribution in [0.1, 0.15) is 50.8 Å². The molecule has 0 bridgehead atoms. The lowest BCUT2D eigenvalue weighted by Crippen LogP contribution is -2.42. The predicted molar refractivity (Wildman–Crippen MR) is 77.1 cm³/mol. The average molecular weight is 262 g/mol. The lowest BCUT2D eigenvalue weighted by molar-refractivity contribution is 0.197. The first kappa shape index (κ1) is 13.1. The molecule has 4 nitrogen and oxygen atoms in total. The molecule has 3 rings (SSSR count). The van der Waals surface area contributed by atoms with E-state index >= 15 is 0 Å². The van der Waals surface area contributed by atoms with Gasteiger partial charge in [0.25, 0.3) is 0 Å². The van der Waals surface area contributed by atoms with E-state index in [2.05, 4.69) is 26.7 Å². The first-order valence-corrected chi connectivity index (χ1v) is 7.83. The van der Waals surface area contributed by atoms with Crippen LogP contribution in [0.4, 0.5) is 0 Å². The van der Waals surface area contributed by atoms with Crippen molar-refractivity contribution in [3.05, 3.63) is 18.2 Å². The highest BCUT2D eigenvalue weighted by Gasteiger charge is 2.25. The van der Waals surface area contributed by atoms with Crippen LogP contribution in [0.2, 0.25) is 0 Å². The topological polar surface area (TPSA) is 33.1 Å². The quantitative estimate of drug-likeness (QED) is 0.853. The highest BCUT2D eigenvalue weighted by molar-refractivity contribution is 5.03. The number of hydrogen-bond acceptors (Lipinski definition) is 3. The van der Waals surface area contributed by atoms with E-state index in [-0.39, 0.29) is 0 Å². The van der Waals surface area contributed by atoms with Crippen molar-refractivity contribution in [1.82, 2.24) is 19.8 Å². The molecule has 0 spiro atoms. The Hall–Kier alpha value is -0.870. The zero-order chi connectivity index (χ0) is 13.1. The Morgan fingerprint density at radius 2 is 2.05 bits per heavy atom. The SMILES string of the molecule is CCCN1CCC(NCc2cncn2C2CC2)CC1. The summed E-state index contributed by atoms with van der Waals surface area (Å²) in [7, 11) is 0. The van der Waals surface area contributed by atoms with Gasteiger partial charge in [-0.3, -0.25) is 0 Å². The van der Waals surface area contributed by atoms with Crippen LogP contribution >= 0.6 is 0 Å². The molecule has 1 aromatic heterocycles. The minimum absolute atomic E-state index is 0.690. The second-order valence-corrected chi connectivity index (χ2v) is 6.02. The van der Waals surface area contributed by atoms with Gasteiger partial charge in [0.15, 0.2) is 0 Å². The maximum Gasteiger partial charge on any atom is 0.0951 e. The molecule has 0 atom stereocenters. The maximum atomic E-state index is 4.30. The second kappa shape index (κ2) is 6.06. The summed E-state index contributed by atoms with van der Waals surface area (Å²) in [6, 6.07) is 1.43. The van der Waals surface area contributed by atoms with E-state index in [0.29, 0.717) is 6.04 Å². The summed E-state index contributed by atoms with van der Waals surface area (Å²) in [4.78, 5) is 6.89. The van der Waals surface area contributed by atoms with Crippen molar-refractivity contribution < 1.29 is 0 Å². The van der Waals surface area contributed by atoms with Gasteiger partial charge in [0.05, 0.1) is 12.0 Å². The molecule has 2 aliphatic rings. The normalized spacial score (nSPS) is 21.9. The Kier molecular flexibility index (Phi) is 4.18. The van der Waals surface area contributed by atoms with Crippen molar-refractivity contribution in [3.8, 4) is 0 Å². The van der Waals surface area contributed by atoms with Crippen LogP contribution in [-0.2, 0) is 6.54 Å². The molecule has 0 unspecified atom stereocenters. The van der Waals surface area contributed by atoms with E-state index in [1.165, 1.54) is 57.4 Å². The molecule has 1 aliphatic carbocycles. The lowest BCUT2D eigenvalue weighted by atomic mass is 10.0. The minimum atomic E-state index is 0.690. The minimum Gasteiger partial charge on any atom is -0.330 e. The van der Waals surface area contributed by atoms with E-state index in [4.69, 9.17) is 0 Å². The van der Waals surface area contributed by atoms with E-state index in [9.17, 15) is 0 Å². The van der Waals surface area contributed by atoms with Gasteiger partial charge in [-0.1, -0.05) is 6.92 Å². The zero-order valence-electron chi connectivity index (χ0n) is 12.0. The fourth-order valence-corrected chi connectivity index (χ4v) is 3.08. The number of likely N-dealkylation sites (tertiary alicyclic amines) is 1. The van der Waals surface area contributed by atoms with E-state index in [0.717, 1.165) is 12.6 Å². The van der Waals surface area contributed by atoms with E-state index in [1.807, 2.05) is 12.5 Å². The van der Waals surface area contributed by atoms with Crippen LogP contribution < -0.4 is 5.32 Å². The first-order chi connectivity index (χ1) is 9.36. The molecule has 106 valence electrons. The standard InChI is InChI=1S/C15H26N4/c1-2-7-18-8-5-13(6-9-18)17-11-15-10-16-12-19(15)14-3-4-14/h10,12-14,17H,2-9,11H2,1H3. The number of imidazole rings is 1. The van der Waals surface area contributed by atoms with Crippen molar-refractivity contribution >= 4 is 0 Å². The molecule has 1 N–H and O–H groups in total. The smallest absolute Gasteiger partial charge is 0.0951 e. The molecule has 1 aliphatic heterocycles. The van der Waals surface area contributed by atoms with Gasteiger partial charge in [-0.25, -0.2) is 4.98 Å². The van der Waals surface area contributed by atoms with Crippen molar-refractivity contribution in [2.45, 2.75) is 57.7 Å². The summed E-state index contributed by atoms with van der Waals surface area (Å²) in [5, 5.41) is 3.72. The summed E-state index contributed by atoms with van der Waals surface area (Å²) in [5.74, 6) is 0. The van der Waals surface area contributed by atoms with Gasteiger partial charge >= 0.3 is 0 Å². The fourth-order valence-electron chi connectivity index (χ4n) is 3.08. The monoisotopic (exact) mass is 262 g/mol. The molecule has 1 aromatic rings. The third-order valence-corrected chi connectivity index (χ3v) is 4.39. The molecule has 1 saturated heterocycles. The Balaban J connectivity index is 1.44. The van der Waals surface area contributed by atoms with Crippen LogP contribution in [0, 0.1) is 0 Å². The van der Waals surface area contributed by atoms with Gasteiger partial charge < -0.3 is 14.8 Å². The molecule has 0 amide bonds. The molecule has 0 aromatic carbocycles. The summed E-state index contributed by atoms with van der Waals surface area (Å²) < 4.78 is 2.36. The molecule has 2 heterocycles. The number of nitrogens with one attached hydrogen (secondary N) is 1. The Labute approximate surface area is 116 Å². The number of rotatable bonds is 6. The predicted octanol–water partition coefficient (Wildman–Crippen LogP) is 2.18. The van der Waals surface area contributed by atoms with Crippen molar-refractivity contribution in [3.63, 3.8) is 0 Å². The molecule has 0 radical (unpaired) electrons. The fraction of sp³-hybridized carbons (Fsp3) is 0.800. The highest BCUT2D eigenvalue weighted by Crippen LogP contribution is 2.35. The Morgan fingerprint density at radius 1 is 1.26 bits per heavy atom. The van der Waals surface area contributed by atoms with Crippen LogP contribution in [-0.4, -0.2) is 40.1 Å². The number of hydrogen-bond donors (Lipinski definition) is 1. The molecule has 4 heteroatoms. The largest absolute Gasteiger partial charge is 0.330 e. The van der Waals surface area contributed by atoms with Gasteiger partial charge in [-0.2, -0.15) is 0 Å². The third kappa shape index (κ3) is 3.37. The summed E-state index contributed by atoms with van der Waals surface area (Å²) in [6.07, 6.45) is 10.5. The van der Waals surface area contributed by atoms with Crippen LogP contribution in [0.5, 0.6) is 0 Å². The molecule has 1 saturated carbocycles. The zero-order valence-corrected chi connectivity index (χ0v) is 12.0. The summed E-state index contributed by atoms with van der Waals surface area (Å²) >= 11 is 0. The number of aromatic nitrogens is 2. The van der Waals surface area contributed by atoms with Crippen LogP contribution in [0.3, 0.4) is 0 Å². The van der Waals surface area contributed by atoms with Crippen molar-refractivity contribution in [1.29, 1.82) is 0 Å². The van der Waals surface area contributed by atoms with Gasteiger partial charge in [0, 0.05) is 24.8 Å². The molecule has 2 fully saturated rings. The molecular formula is C15H26N4. The average Bonchev–Trinajstić information content (AvgIpc) is 3.17. The van der Waals surface area contributed by atoms with E-state index in [1.54, 1.807) is 0 Å². The highest BCUT2D eigenvalue weighted by atomic mass is 15.1. The summed E-state index contributed by atoms with van der Waals surface area (Å²) in [6.45, 7) is 7.03. The van der Waals surface area contributed by atoms with Gasteiger partial charge in [0.2, 0.25) is 0 Å². The lowest BCUT2D eigenvalue weighted by Gasteiger charge is -2.32. The third-order valence-electron chi connectivity index (χ3n) is 4.39. The first-order valence-electron chi connectivity index (χ1n) is 7.83. The van der Waals surface area contributed by atoms with Gasteiger partial charge in [-0.15, -0.1) is 0 Å².